The van der Waals surface area contributed by atoms with Gasteiger partial charge in [-0.25, -0.2) is 8.42 Å². The lowest BCUT2D eigenvalue weighted by Gasteiger charge is -2.12. The van der Waals surface area contributed by atoms with E-state index in [0.717, 1.165) is 10.8 Å². The van der Waals surface area contributed by atoms with E-state index in [9.17, 15) is 8.42 Å². The smallest absolute Gasteiger partial charge is 0.174 e. The summed E-state index contributed by atoms with van der Waals surface area (Å²) < 4.78 is 24.0. The van der Waals surface area contributed by atoms with Crippen molar-refractivity contribution in [2.75, 3.05) is 5.75 Å². The first-order valence-electron chi connectivity index (χ1n) is 5.78. The average molecular weight is 271 g/mol. The van der Waals surface area contributed by atoms with Gasteiger partial charge in [-0.1, -0.05) is 42.5 Å². The molecule has 1 unspecified atom stereocenters. The van der Waals surface area contributed by atoms with E-state index < -0.39 is 20.8 Å². The lowest BCUT2D eigenvalue weighted by molar-refractivity contribution is 0.594. The fraction of sp³-hybridized carbons (Fsp3) is 0.133. The van der Waals surface area contributed by atoms with Crippen LogP contribution in [0.4, 0.5) is 0 Å². The molecule has 0 N–H and O–H groups in total. The maximum Gasteiger partial charge on any atom is 0.174 e. The number of rotatable bonds is 4. The van der Waals surface area contributed by atoms with Crippen molar-refractivity contribution in [2.45, 2.75) is 5.25 Å². The van der Waals surface area contributed by atoms with Crippen molar-refractivity contribution in [1.29, 1.82) is 5.26 Å². The van der Waals surface area contributed by atoms with Crippen molar-refractivity contribution in [1.82, 2.24) is 0 Å². The van der Waals surface area contributed by atoms with E-state index in [1.807, 2.05) is 36.4 Å². The molecular weight excluding hydrogens is 258 g/mol. The van der Waals surface area contributed by atoms with Gasteiger partial charge in [-0.15, -0.1) is 6.58 Å². The summed E-state index contributed by atoms with van der Waals surface area (Å²) in [5, 5.41) is 9.78. The molecule has 2 aromatic carbocycles. The van der Waals surface area contributed by atoms with E-state index in [4.69, 9.17) is 5.26 Å². The molecule has 4 heteroatoms. The highest BCUT2D eigenvalue weighted by atomic mass is 32.2. The molecule has 1 atom stereocenters. The van der Waals surface area contributed by atoms with Crippen LogP contribution in [-0.2, 0) is 9.84 Å². The Bertz CT molecular complexity index is 757. The van der Waals surface area contributed by atoms with Gasteiger partial charge in [0.05, 0.1) is 6.07 Å². The molecule has 0 aliphatic carbocycles. The van der Waals surface area contributed by atoms with E-state index in [1.165, 1.54) is 6.08 Å². The van der Waals surface area contributed by atoms with Crippen LogP contribution in [0.3, 0.4) is 0 Å². The number of fused-ring (bicyclic) bond motifs is 1. The Hall–Kier alpha value is -2.12. The fourth-order valence-electron chi connectivity index (χ4n) is 2.05. The van der Waals surface area contributed by atoms with Crippen LogP contribution in [-0.4, -0.2) is 14.2 Å². The van der Waals surface area contributed by atoms with Gasteiger partial charge in [0, 0.05) is 0 Å². The number of benzene rings is 2. The van der Waals surface area contributed by atoms with Crippen LogP contribution in [0.15, 0.2) is 55.1 Å². The van der Waals surface area contributed by atoms with Crippen molar-refractivity contribution in [3.05, 3.63) is 60.7 Å². The molecule has 0 saturated heterocycles. The maximum atomic E-state index is 12.0. The van der Waals surface area contributed by atoms with Gasteiger partial charge in [0.1, 0.15) is 11.0 Å². The molecule has 0 heterocycles. The van der Waals surface area contributed by atoms with Crippen LogP contribution in [0, 0.1) is 11.3 Å². The second-order valence-electron chi connectivity index (χ2n) is 4.23. The summed E-state index contributed by atoms with van der Waals surface area (Å²) in [7, 11) is -3.52. The third kappa shape index (κ3) is 2.67. The Morgan fingerprint density at radius 1 is 1.21 bits per heavy atom. The average Bonchev–Trinajstić information content (AvgIpc) is 2.39. The summed E-state index contributed by atoms with van der Waals surface area (Å²) in [5.74, 6) is -0.503. The second-order valence-corrected chi connectivity index (χ2v) is 6.35. The Morgan fingerprint density at radius 3 is 2.53 bits per heavy atom. The van der Waals surface area contributed by atoms with E-state index in [0.29, 0.717) is 5.56 Å². The normalized spacial score (nSPS) is 12.8. The predicted octanol–water partition coefficient (Wildman–Crippen LogP) is 3.01. The molecule has 2 rings (SSSR count). The minimum absolute atomic E-state index is 0.503. The molecule has 0 saturated carbocycles. The van der Waals surface area contributed by atoms with Gasteiger partial charge in [-0.2, -0.15) is 5.26 Å². The highest BCUT2D eigenvalue weighted by Crippen LogP contribution is 2.27. The van der Waals surface area contributed by atoms with Crippen LogP contribution in [0.25, 0.3) is 10.8 Å². The second kappa shape index (κ2) is 5.25. The Balaban J connectivity index is 2.53. The Kier molecular flexibility index (Phi) is 3.68. The summed E-state index contributed by atoms with van der Waals surface area (Å²) >= 11 is 0. The summed E-state index contributed by atoms with van der Waals surface area (Å²) in [5.41, 5.74) is 0.643. The third-order valence-corrected chi connectivity index (χ3v) is 4.74. The molecule has 0 bridgehead atoms. The summed E-state index contributed by atoms with van der Waals surface area (Å²) in [6, 6.07) is 14.9. The summed E-state index contributed by atoms with van der Waals surface area (Å²) in [4.78, 5) is 0. The molecule has 19 heavy (non-hydrogen) atoms. The van der Waals surface area contributed by atoms with Crippen molar-refractivity contribution in [3.63, 3.8) is 0 Å². The summed E-state index contributed by atoms with van der Waals surface area (Å²) in [6.45, 7) is 3.58. The van der Waals surface area contributed by atoms with Crippen molar-refractivity contribution < 1.29 is 8.42 Å². The van der Waals surface area contributed by atoms with Gasteiger partial charge in [0.15, 0.2) is 9.84 Å². The predicted molar refractivity (Wildman–Crippen MR) is 76.3 cm³/mol. The standard InChI is InChI=1S/C15H13NO2S/c1-2-15(19(17,18)10-9-16)14-8-7-12-5-3-4-6-13(12)11-14/h2-8,11,15H,1,10H2. The van der Waals surface area contributed by atoms with Crippen LogP contribution in [0.5, 0.6) is 0 Å². The first-order valence-corrected chi connectivity index (χ1v) is 7.50. The van der Waals surface area contributed by atoms with Crippen molar-refractivity contribution in [2.24, 2.45) is 0 Å². The molecule has 0 aliphatic heterocycles. The monoisotopic (exact) mass is 271 g/mol. The number of sulfone groups is 1. The van der Waals surface area contributed by atoms with E-state index >= 15 is 0 Å². The maximum absolute atomic E-state index is 12.0. The first-order chi connectivity index (χ1) is 9.08. The molecule has 3 nitrogen and oxygen atoms in total. The number of hydrogen-bond acceptors (Lipinski definition) is 3. The molecule has 2 aromatic rings. The van der Waals surface area contributed by atoms with Gasteiger partial charge in [0.25, 0.3) is 0 Å². The molecule has 0 fully saturated rings. The zero-order chi connectivity index (χ0) is 13.9. The Labute approximate surface area is 112 Å². The van der Waals surface area contributed by atoms with Gasteiger partial charge in [-0.3, -0.25) is 0 Å². The highest BCUT2D eigenvalue weighted by Gasteiger charge is 2.24. The van der Waals surface area contributed by atoms with Crippen molar-refractivity contribution in [3.8, 4) is 6.07 Å². The van der Waals surface area contributed by atoms with Crippen molar-refractivity contribution >= 4 is 20.6 Å². The van der Waals surface area contributed by atoms with Gasteiger partial charge in [-0.05, 0) is 22.4 Å². The summed E-state index contributed by atoms with van der Waals surface area (Å²) in [6.07, 6.45) is 1.37. The minimum atomic E-state index is -3.52. The Morgan fingerprint density at radius 2 is 1.89 bits per heavy atom. The zero-order valence-electron chi connectivity index (χ0n) is 10.3. The van der Waals surface area contributed by atoms with Gasteiger partial charge in [0.2, 0.25) is 0 Å². The van der Waals surface area contributed by atoms with E-state index in [1.54, 1.807) is 12.1 Å². The molecule has 0 aliphatic rings. The topological polar surface area (TPSA) is 57.9 Å². The van der Waals surface area contributed by atoms with Crippen LogP contribution in [0.2, 0.25) is 0 Å². The fourth-order valence-corrected chi connectivity index (χ4v) is 3.27. The van der Waals surface area contributed by atoms with Gasteiger partial charge < -0.3 is 0 Å². The van der Waals surface area contributed by atoms with Crippen LogP contribution in [0.1, 0.15) is 10.8 Å². The molecule has 0 amide bonds. The van der Waals surface area contributed by atoms with Crippen LogP contribution < -0.4 is 0 Å². The molecule has 0 radical (unpaired) electrons. The quantitative estimate of drug-likeness (QED) is 0.803. The number of nitrogens with zero attached hydrogens (tertiary/aromatic N) is 1. The first kappa shape index (κ1) is 13.3. The van der Waals surface area contributed by atoms with E-state index in [-0.39, 0.29) is 0 Å². The number of hydrogen-bond donors (Lipinski definition) is 0. The lowest BCUT2D eigenvalue weighted by atomic mass is 10.1. The molecule has 0 spiro atoms. The highest BCUT2D eigenvalue weighted by molar-refractivity contribution is 7.92. The van der Waals surface area contributed by atoms with Gasteiger partial charge >= 0.3 is 0 Å². The minimum Gasteiger partial charge on any atom is -0.227 e. The molecular formula is C15H13NO2S. The zero-order valence-corrected chi connectivity index (χ0v) is 11.1. The van der Waals surface area contributed by atoms with Crippen LogP contribution >= 0.6 is 0 Å². The SMILES string of the molecule is C=CC(c1ccc2ccccc2c1)S(=O)(=O)CC#N. The molecule has 96 valence electrons. The van der Waals surface area contributed by atoms with E-state index in [2.05, 4.69) is 6.58 Å². The largest absolute Gasteiger partial charge is 0.227 e. The third-order valence-electron chi connectivity index (χ3n) is 2.97. The molecule has 0 aromatic heterocycles. The number of nitriles is 1. The lowest BCUT2D eigenvalue weighted by Crippen LogP contribution is -2.14.